The first-order valence-electron chi connectivity index (χ1n) is 7.93. The van der Waals surface area contributed by atoms with E-state index >= 15 is 0 Å². The Labute approximate surface area is 144 Å². The molecule has 1 aromatic carbocycles. The molecule has 2 aromatic heterocycles. The number of rotatable bonds is 4. The van der Waals surface area contributed by atoms with Gasteiger partial charge in [0.25, 0.3) is 0 Å². The van der Waals surface area contributed by atoms with E-state index in [0.717, 1.165) is 17.0 Å². The van der Waals surface area contributed by atoms with E-state index in [1.807, 2.05) is 36.4 Å². The molecular weight excluding hydrogens is 320 g/mol. The van der Waals surface area contributed by atoms with Crippen LogP contribution in [-0.4, -0.2) is 34.7 Å². The third-order valence-corrected chi connectivity index (χ3v) is 4.22. The Morgan fingerprint density at radius 2 is 2.08 bits per heavy atom. The Morgan fingerprint density at radius 3 is 2.80 bits per heavy atom. The van der Waals surface area contributed by atoms with E-state index in [2.05, 4.69) is 15.1 Å². The van der Waals surface area contributed by atoms with Crippen molar-refractivity contribution < 1.29 is 14.1 Å². The molecule has 25 heavy (non-hydrogen) atoms. The van der Waals surface area contributed by atoms with Gasteiger partial charge in [-0.1, -0.05) is 5.16 Å². The summed E-state index contributed by atoms with van der Waals surface area (Å²) in [6, 6.07) is 11.1. The van der Waals surface area contributed by atoms with Gasteiger partial charge in [0, 0.05) is 36.6 Å². The molecule has 1 fully saturated rings. The number of pyridine rings is 1. The molecule has 7 nitrogen and oxygen atoms in total. The molecule has 0 N–H and O–H groups in total. The SMILES string of the molecule is COc1ccc(N2C[C@H](c3nc(-c4cccnc4)no3)CC2=O)cc1. The Balaban J connectivity index is 1.53. The van der Waals surface area contributed by atoms with Crippen molar-refractivity contribution in [1.29, 1.82) is 0 Å². The number of aromatic nitrogens is 3. The minimum atomic E-state index is -0.118. The predicted molar refractivity (Wildman–Crippen MR) is 90.2 cm³/mol. The molecule has 4 rings (SSSR count). The summed E-state index contributed by atoms with van der Waals surface area (Å²) in [6.45, 7) is 0.514. The first-order valence-corrected chi connectivity index (χ1v) is 7.93. The van der Waals surface area contributed by atoms with Gasteiger partial charge < -0.3 is 14.2 Å². The number of benzene rings is 1. The molecule has 1 saturated heterocycles. The number of hydrogen-bond acceptors (Lipinski definition) is 6. The second-order valence-electron chi connectivity index (χ2n) is 5.80. The Bertz CT molecular complexity index is 877. The van der Waals surface area contributed by atoms with Crippen LogP contribution in [-0.2, 0) is 4.79 Å². The van der Waals surface area contributed by atoms with E-state index in [0.29, 0.717) is 24.7 Å². The molecule has 7 heteroatoms. The van der Waals surface area contributed by atoms with Gasteiger partial charge in [-0.25, -0.2) is 0 Å². The number of amides is 1. The summed E-state index contributed by atoms with van der Waals surface area (Å²) in [6.07, 6.45) is 3.71. The highest BCUT2D eigenvalue weighted by atomic mass is 16.5. The molecule has 3 heterocycles. The first kappa shape index (κ1) is 15.3. The van der Waals surface area contributed by atoms with Gasteiger partial charge in [-0.15, -0.1) is 0 Å². The van der Waals surface area contributed by atoms with Crippen molar-refractivity contribution in [1.82, 2.24) is 15.1 Å². The minimum absolute atomic E-state index is 0.0382. The zero-order valence-electron chi connectivity index (χ0n) is 13.6. The molecule has 0 radical (unpaired) electrons. The zero-order chi connectivity index (χ0) is 17.2. The molecule has 0 unspecified atom stereocenters. The van der Waals surface area contributed by atoms with E-state index in [1.165, 1.54) is 0 Å². The number of hydrogen-bond donors (Lipinski definition) is 0. The number of ether oxygens (including phenoxy) is 1. The molecule has 126 valence electrons. The number of nitrogens with zero attached hydrogens (tertiary/aromatic N) is 4. The van der Waals surface area contributed by atoms with E-state index in [9.17, 15) is 4.79 Å². The fourth-order valence-electron chi connectivity index (χ4n) is 2.90. The molecule has 0 spiro atoms. The van der Waals surface area contributed by atoms with Crippen LogP contribution in [0.2, 0.25) is 0 Å². The largest absolute Gasteiger partial charge is 0.497 e. The Kier molecular flexibility index (Phi) is 3.89. The third kappa shape index (κ3) is 2.96. The van der Waals surface area contributed by atoms with Crippen LogP contribution >= 0.6 is 0 Å². The molecule has 0 saturated carbocycles. The van der Waals surface area contributed by atoms with Crippen molar-refractivity contribution in [2.24, 2.45) is 0 Å². The van der Waals surface area contributed by atoms with E-state index in [4.69, 9.17) is 9.26 Å². The van der Waals surface area contributed by atoms with Crippen LogP contribution in [0.5, 0.6) is 5.75 Å². The zero-order valence-corrected chi connectivity index (χ0v) is 13.6. The normalized spacial score (nSPS) is 17.1. The lowest BCUT2D eigenvalue weighted by Gasteiger charge is -2.16. The summed E-state index contributed by atoms with van der Waals surface area (Å²) in [5, 5.41) is 4.00. The maximum absolute atomic E-state index is 12.4. The number of anilines is 1. The quantitative estimate of drug-likeness (QED) is 0.728. The lowest BCUT2D eigenvalue weighted by Crippen LogP contribution is -2.24. The number of methoxy groups -OCH3 is 1. The van der Waals surface area contributed by atoms with Crippen molar-refractivity contribution >= 4 is 11.6 Å². The molecule has 1 aliphatic heterocycles. The lowest BCUT2D eigenvalue weighted by atomic mass is 10.1. The highest BCUT2D eigenvalue weighted by Gasteiger charge is 2.35. The predicted octanol–water partition coefficient (Wildman–Crippen LogP) is 2.66. The molecule has 1 atom stereocenters. The molecule has 0 aliphatic carbocycles. The van der Waals surface area contributed by atoms with E-state index < -0.39 is 0 Å². The van der Waals surface area contributed by atoms with Gasteiger partial charge in [0.05, 0.1) is 13.0 Å². The van der Waals surface area contributed by atoms with E-state index in [1.54, 1.807) is 24.4 Å². The van der Waals surface area contributed by atoms with Gasteiger partial charge in [0.2, 0.25) is 17.6 Å². The summed E-state index contributed by atoms with van der Waals surface area (Å²) in [5.74, 6) is 1.63. The summed E-state index contributed by atoms with van der Waals surface area (Å²) in [5.41, 5.74) is 1.62. The van der Waals surface area contributed by atoms with Crippen LogP contribution in [0, 0.1) is 0 Å². The average molecular weight is 336 g/mol. The van der Waals surface area contributed by atoms with Crippen LogP contribution < -0.4 is 9.64 Å². The first-order chi connectivity index (χ1) is 12.2. The standard InChI is InChI=1S/C18H16N4O3/c1-24-15-6-4-14(5-7-15)22-11-13(9-16(22)23)18-20-17(21-25-18)12-3-2-8-19-10-12/h2-8,10,13H,9,11H2,1H3/t13-/m1/s1. The summed E-state index contributed by atoms with van der Waals surface area (Å²) in [4.78, 5) is 22.6. The van der Waals surface area contributed by atoms with E-state index in [-0.39, 0.29) is 11.8 Å². The maximum Gasteiger partial charge on any atom is 0.232 e. The third-order valence-electron chi connectivity index (χ3n) is 4.22. The molecule has 3 aromatic rings. The van der Waals surface area contributed by atoms with Crippen molar-refractivity contribution in [3.63, 3.8) is 0 Å². The summed E-state index contributed by atoms with van der Waals surface area (Å²) < 4.78 is 10.5. The number of carbonyl (C=O) groups excluding carboxylic acids is 1. The summed E-state index contributed by atoms with van der Waals surface area (Å²) >= 11 is 0. The van der Waals surface area contributed by atoms with Crippen molar-refractivity contribution in [3.05, 3.63) is 54.7 Å². The second kappa shape index (κ2) is 6.35. The number of carbonyl (C=O) groups is 1. The van der Waals surface area contributed by atoms with Crippen LogP contribution in [0.4, 0.5) is 5.69 Å². The molecule has 1 aliphatic rings. The van der Waals surface area contributed by atoms with Gasteiger partial charge >= 0.3 is 0 Å². The Hall–Kier alpha value is -3.22. The van der Waals surface area contributed by atoms with Crippen molar-refractivity contribution in [2.75, 3.05) is 18.6 Å². The van der Waals surface area contributed by atoms with Crippen LogP contribution in [0.15, 0.2) is 53.3 Å². The van der Waals surface area contributed by atoms with Gasteiger partial charge in [-0.2, -0.15) is 4.98 Å². The smallest absolute Gasteiger partial charge is 0.232 e. The monoisotopic (exact) mass is 336 g/mol. The average Bonchev–Trinajstić information content (AvgIpc) is 3.29. The lowest BCUT2D eigenvalue weighted by molar-refractivity contribution is -0.117. The maximum atomic E-state index is 12.4. The van der Waals surface area contributed by atoms with Gasteiger partial charge in [0.1, 0.15) is 5.75 Å². The van der Waals surface area contributed by atoms with Crippen molar-refractivity contribution in [2.45, 2.75) is 12.3 Å². The van der Waals surface area contributed by atoms with Crippen LogP contribution in [0.3, 0.4) is 0 Å². The molecule has 0 bridgehead atoms. The highest BCUT2D eigenvalue weighted by Crippen LogP contribution is 2.32. The van der Waals surface area contributed by atoms with Gasteiger partial charge in [-0.05, 0) is 36.4 Å². The van der Waals surface area contributed by atoms with Crippen molar-refractivity contribution in [3.8, 4) is 17.1 Å². The van der Waals surface area contributed by atoms with Gasteiger partial charge in [0.15, 0.2) is 0 Å². The fourth-order valence-corrected chi connectivity index (χ4v) is 2.90. The van der Waals surface area contributed by atoms with Gasteiger partial charge in [-0.3, -0.25) is 9.78 Å². The second-order valence-corrected chi connectivity index (χ2v) is 5.80. The fraction of sp³-hybridized carbons (Fsp3) is 0.222. The minimum Gasteiger partial charge on any atom is -0.497 e. The molecule has 1 amide bonds. The summed E-state index contributed by atoms with van der Waals surface area (Å²) in [7, 11) is 1.61. The topological polar surface area (TPSA) is 81.3 Å². The van der Waals surface area contributed by atoms with Crippen LogP contribution in [0.25, 0.3) is 11.4 Å². The van der Waals surface area contributed by atoms with Crippen LogP contribution in [0.1, 0.15) is 18.2 Å². The Morgan fingerprint density at radius 1 is 1.24 bits per heavy atom. The highest BCUT2D eigenvalue weighted by molar-refractivity contribution is 5.96. The molecular formula is C18H16N4O3.